The van der Waals surface area contributed by atoms with E-state index in [1.54, 1.807) is 6.07 Å². The van der Waals surface area contributed by atoms with Gasteiger partial charge in [0.15, 0.2) is 0 Å². The van der Waals surface area contributed by atoms with E-state index in [1.807, 2.05) is 29.2 Å². The highest BCUT2D eigenvalue weighted by Crippen LogP contribution is 2.39. The molecule has 0 bridgehead atoms. The average molecular weight is 268 g/mol. The monoisotopic (exact) mass is 268 g/mol. The van der Waals surface area contributed by atoms with E-state index in [4.69, 9.17) is 10.1 Å². The maximum Gasteiger partial charge on any atom is 0.129 e. The van der Waals surface area contributed by atoms with Crippen LogP contribution in [-0.4, -0.2) is 17.3 Å². The Morgan fingerprint density at radius 2 is 2.05 bits per heavy atom. The molecule has 1 unspecified atom stereocenters. The van der Waals surface area contributed by atoms with Crippen molar-refractivity contribution in [3.63, 3.8) is 0 Å². The summed E-state index contributed by atoms with van der Waals surface area (Å²) >= 11 is 0. The SMILES string of the molecule is N=C1c2cc(F)ccc2CN1C1COc2ccccc21. The molecule has 2 heterocycles. The molecule has 0 aromatic heterocycles. The lowest BCUT2D eigenvalue weighted by Gasteiger charge is -2.24. The lowest BCUT2D eigenvalue weighted by molar-refractivity contribution is 0.238. The summed E-state index contributed by atoms with van der Waals surface area (Å²) in [7, 11) is 0. The molecule has 2 aromatic carbocycles. The summed E-state index contributed by atoms with van der Waals surface area (Å²) in [5.74, 6) is 0.968. The van der Waals surface area contributed by atoms with Crippen molar-refractivity contribution in [1.29, 1.82) is 5.41 Å². The van der Waals surface area contributed by atoms with Gasteiger partial charge >= 0.3 is 0 Å². The van der Waals surface area contributed by atoms with Crippen LogP contribution < -0.4 is 4.74 Å². The quantitative estimate of drug-likeness (QED) is 0.862. The van der Waals surface area contributed by atoms with E-state index in [9.17, 15) is 4.39 Å². The molecule has 1 atom stereocenters. The fourth-order valence-electron chi connectivity index (χ4n) is 2.99. The summed E-state index contributed by atoms with van der Waals surface area (Å²) in [5, 5.41) is 8.29. The predicted octanol–water partition coefficient (Wildman–Crippen LogP) is 3.10. The highest BCUT2D eigenvalue weighted by molar-refractivity contribution is 6.00. The lowest BCUT2D eigenvalue weighted by atomic mass is 10.1. The molecule has 20 heavy (non-hydrogen) atoms. The molecule has 0 amide bonds. The van der Waals surface area contributed by atoms with E-state index in [1.165, 1.54) is 12.1 Å². The Kier molecular flexibility index (Phi) is 2.33. The minimum Gasteiger partial charge on any atom is -0.491 e. The van der Waals surface area contributed by atoms with Crippen LogP contribution in [0.3, 0.4) is 0 Å². The molecule has 0 spiro atoms. The van der Waals surface area contributed by atoms with Crippen LogP contribution in [0.15, 0.2) is 42.5 Å². The van der Waals surface area contributed by atoms with Gasteiger partial charge in [-0.15, -0.1) is 0 Å². The van der Waals surface area contributed by atoms with Crippen molar-refractivity contribution in [2.24, 2.45) is 0 Å². The summed E-state index contributed by atoms with van der Waals surface area (Å²) in [4.78, 5) is 1.98. The second-order valence-electron chi connectivity index (χ2n) is 5.14. The van der Waals surface area contributed by atoms with Gasteiger partial charge in [-0.2, -0.15) is 0 Å². The van der Waals surface area contributed by atoms with Gasteiger partial charge in [-0.1, -0.05) is 24.3 Å². The predicted molar refractivity (Wildman–Crippen MR) is 73.4 cm³/mol. The van der Waals surface area contributed by atoms with Gasteiger partial charge in [-0.3, -0.25) is 5.41 Å². The van der Waals surface area contributed by atoms with Crippen LogP contribution >= 0.6 is 0 Å². The second-order valence-corrected chi connectivity index (χ2v) is 5.14. The number of amidine groups is 1. The number of para-hydroxylation sites is 1. The van der Waals surface area contributed by atoms with Gasteiger partial charge in [0.1, 0.15) is 24.0 Å². The van der Waals surface area contributed by atoms with Crippen LogP contribution in [0.4, 0.5) is 4.39 Å². The molecule has 0 saturated carbocycles. The first-order valence-electron chi connectivity index (χ1n) is 6.60. The summed E-state index contributed by atoms with van der Waals surface area (Å²) in [6, 6.07) is 12.6. The number of hydrogen-bond donors (Lipinski definition) is 1. The van der Waals surface area contributed by atoms with Gasteiger partial charge in [-0.25, -0.2) is 4.39 Å². The lowest BCUT2D eigenvalue weighted by Crippen LogP contribution is -2.30. The molecule has 4 rings (SSSR count). The summed E-state index contributed by atoms with van der Waals surface area (Å²) < 4.78 is 19.0. The Bertz CT molecular complexity index is 713. The molecule has 1 N–H and O–H groups in total. The molecular formula is C16H13FN2O. The van der Waals surface area contributed by atoms with E-state index in [0.717, 1.165) is 16.9 Å². The Hall–Kier alpha value is -2.36. The van der Waals surface area contributed by atoms with E-state index >= 15 is 0 Å². The van der Waals surface area contributed by atoms with Gasteiger partial charge in [-0.05, 0) is 23.8 Å². The Morgan fingerprint density at radius 1 is 1.20 bits per heavy atom. The van der Waals surface area contributed by atoms with E-state index in [-0.39, 0.29) is 11.9 Å². The minimum absolute atomic E-state index is 0.0363. The number of rotatable bonds is 1. The molecule has 0 fully saturated rings. The fraction of sp³-hybridized carbons (Fsp3) is 0.188. The van der Waals surface area contributed by atoms with Crippen LogP contribution in [0.1, 0.15) is 22.7 Å². The first-order chi connectivity index (χ1) is 9.74. The molecule has 0 radical (unpaired) electrons. The van der Waals surface area contributed by atoms with Crippen molar-refractivity contribution in [1.82, 2.24) is 4.90 Å². The molecule has 2 aliphatic rings. The average Bonchev–Trinajstić information content (AvgIpc) is 3.01. The third-order valence-electron chi connectivity index (χ3n) is 4.01. The number of nitrogens with zero attached hydrogens (tertiary/aromatic N) is 1. The number of halogens is 1. The molecule has 100 valence electrons. The maximum absolute atomic E-state index is 13.3. The minimum atomic E-state index is -0.293. The molecule has 2 aromatic rings. The normalized spacial score (nSPS) is 19.8. The van der Waals surface area contributed by atoms with Gasteiger partial charge in [0.2, 0.25) is 0 Å². The van der Waals surface area contributed by atoms with Crippen LogP contribution in [0, 0.1) is 11.2 Å². The summed E-state index contributed by atoms with van der Waals surface area (Å²) in [5.41, 5.74) is 2.79. The molecular weight excluding hydrogens is 255 g/mol. The van der Waals surface area contributed by atoms with Crippen LogP contribution in [-0.2, 0) is 6.54 Å². The van der Waals surface area contributed by atoms with Crippen molar-refractivity contribution < 1.29 is 9.13 Å². The molecule has 2 aliphatic heterocycles. The largest absolute Gasteiger partial charge is 0.491 e. The fourth-order valence-corrected chi connectivity index (χ4v) is 2.99. The smallest absolute Gasteiger partial charge is 0.129 e. The third kappa shape index (κ3) is 1.54. The Labute approximate surface area is 116 Å². The van der Waals surface area contributed by atoms with Crippen molar-refractivity contribution in [2.45, 2.75) is 12.6 Å². The zero-order valence-electron chi connectivity index (χ0n) is 10.8. The number of ether oxygens (including phenoxy) is 1. The first kappa shape index (κ1) is 11.5. The Balaban J connectivity index is 1.72. The van der Waals surface area contributed by atoms with Crippen molar-refractivity contribution in [3.8, 4) is 5.75 Å². The van der Waals surface area contributed by atoms with Crippen LogP contribution in [0.2, 0.25) is 0 Å². The van der Waals surface area contributed by atoms with E-state index in [2.05, 4.69) is 0 Å². The van der Waals surface area contributed by atoms with E-state index < -0.39 is 0 Å². The number of hydrogen-bond acceptors (Lipinski definition) is 2. The first-order valence-corrected chi connectivity index (χ1v) is 6.60. The van der Waals surface area contributed by atoms with Crippen molar-refractivity contribution in [2.75, 3.05) is 6.61 Å². The van der Waals surface area contributed by atoms with Gasteiger partial charge in [0.25, 0.3) is 0 Å². The highest BCUT2D eigenvalue weighted by Gasteiger charge is 2.35. The van der Waals surface area contributed by atoms with Gasteiger partial charge in [0.05, 0.1) is 6.04 Å². The topological polar surface area (TPSA) is 36.3 Å². The zero-order valence-corrected chi connectivity index (χ0v) is 10.8. The van der Waals surface area contributed by atoms with Crippen LogP contribution in [0.25, 0.3) is 0 Å². The molecule has 4 heteroatoms. The maximum atomic E-state index is 13.3. The van der Waals surface area contributed by atoms with E-state index in [0.29, 0.717) is 24.6 Å². The Morgan fingerprint density at radius 3 is 2.95 bits per heavy atom. The van der Waals surface area contributed by atoms with Crippen LogP contribution in [0.5, 0.6) is 5.75 Å². The highest BCUT2D eigenvalue weighted by atomic mass is 19.1. The molecule has 3 nitrogen and oxygen atoms in total. The standard InChI is InChI=1S/C16H13FN2O/c17-11-6-5-10-8-19(16(18)13(10)7-11)14-9-20-15-4-2-1-3-12(14)15/h1-7,14,18H,8-9H2. The molecule has 0 aliphatic carbocycles. The summed E-state index contributed by atoms with van der Waals surface area (Å²) in [6.07, 6.45) is 0. The van der Waals surface area contributed by atoms with Crippen molar-refractivity contribution >= 4 is 5.84 Å². The second kappa shape index (κ2) is 4.07. The third-order valence-corrected chi connectivity index (χ3v) is 4.01. The van der Waals surface area contributed by atoms with Crippen molar-refractivity contribution in [3.05, 3.63) is 65.0 Å². The zero-order chi connectivity index (χ0) is 13.7. The summed E-state index contributed by atoms with van der Waals surface area (Å²) in [6.45, 7) is 1.18. The number of nitrogens with one attached hydrogen (secondary N) is 1. The van der Waals surface area contributed by atoms with Gasteiger partial charge < -0.3 is 9.64 Å². The molecule has 0 saturated heterocycles. The number of benzene rings is 2. The number of fused-ring (bicyclic) bond motifs is 2. The van der Waals surface area contributed by atoms with Gasteiger partial charge in [0, 0.05) is 17.7 Å².